The molecule has 0 spiro atoms. The summed E-state index contributed by atoms with van der Waals surface area (Å²) in [7, 11) is 0. The fourth-order valence-corrected chi connectivity index (χ4v) is 3.71. The minimum Gasteiger partial charge on any atom is -0.486 e. The molecule has 1 N–H and O–H groups in total. The summed E-state index contributed by atoms with van der Waals surface area (Å²) in [5.41, 5.74) is 3.43. The van der Waals surface area contributed by atoms with E-state index >= 15 is 0 Å². The normalized spacial score (nSPS) is 16.3. The second-order valence-electron chi connectivity index (χ2n) is 7.18. The van der Waals surface area contributed by atoms with Crippen LogP contribution in [0.15, 0.2) is 42.5 Å². The van der Waals surface area contributed by atoms with Crippen molar-refractivity contribution in [2.24, 2.45) is 0 Å². The minimum atomic E-state index is 0.0163. The monoisotopic (exact) mass is 366 g/mol. The zero-order valence-electron chi connectivity index (χ0n) is 15.6. The van der Waals surface area contributed by atoms with E-state index < -0.39 is 0 Å². The standard InChI is InChI=1S/C22H26N2O3/c25-22(14-17-7-8-20-21(13-17)27-12-11-26-20)23-15-18-5-1-2-6-19(18)16-24-9-3-4-10-24/h1-2,5-8,13H,3-4,9-12,14-16H2,(H,23,25). The van der Waals surface area contributed by atoms with Crippen LogP contribution in [0.5, 0.6) is 11.5 Å². The predicted molar refractivity (Wildman–Crippen MR) is 104 cm³/mol. The molecule has 2 aliphatic heterocycles. The average molecular weight is 366 g/mol. The first kappa shape index (κ1) is 17.9. The maximum absolute atomic E-state index is 12.4. The second kappa shape index (κ2) is 8.44. The summed E-state index contributed by atoms with van der Waals surface area (Å²) in [4.78, 5) is 14.9. The number of nitrogens with zero attached hydrogens (tertiary/aromatic N) is 1. The van der Waals surface area contributed by atoms with Crippen molar-refractivity contribution in [3.63, 3.8) is 0 Å². The van der Waals surface area contributed by atoms with Gasteiger partial charge in [-0.2, -0.15) is 0 Å². The van der Waals surface area contributed by atoms with Gasteiger partial charge in [-0.3, -0.25) is 9.69 Å². The first-order chi connectivity index (χ1) is 13.3. The number of likely N-dealkylation sites (tertiary alicyclic amines) is 1. The Balaban J connectivity index is 1.34. The number of hydrogen-bond acceptors (Lipinski definition) is 4. The fraction of sp³-hybridized carbons (Fsp3) is 0.409. The van der Waals surface area contributed by atoms with Gasteiger partial charge in [0.1, 0.15) is 13.2 Å². The Morgan fingerprint density at radius 1 is 0.963 bits per heavy atom. The van der Waals surface area contributed by atoms with Crippen molar-refractivity contribution in [2.75, 3.05) is 26.3 Å². The zero-order valence-corrected chi connectivity index (χ0v) is 15.6. The molecule has 27 heavy (non-hydrogen) atoms. The molecule has 2 aliphatic rings. The molecule has 1 fully saturated rings. The van der Waals surface area contributed by atoms with E-state index in [1.807, 2.05) is 24.3 Å². The molecule has 0 unspecified atom stereocenters. The summed E-state index contributed by atoms with van der Waals surface area (Å²) < 4.78 is 11.1. The molecule has 0 radical (unpaired) electrons. The van der Waals surface area contributed by atoms with E-state index in [0.717, 1.165) is 23.6 Å². The smallest absolute Gasteiger partial charge is 0.224 e. The van der Waals surface area contributed by atoms with Gasteiger partial charge < -0.3 is 14.8 Å². The Morgan fingerprint density at radius 2 is 1.70 bits per heavy atom. The predicted octanol–water partition coefficient (Wildman–Crippen LogP) is 2.91. The maximum Gasteiger partial charge on any atom is 0.224 e. The summed E-state index contributed by atoms with van der Waals surface area (Å²) in [5, 5.41) is 3.06. The number of nitrogens with one attached hydrogen (secondary N) is 1. The van der Waals surface area contributed by atoms with Crippen molar-refractivity contribution in [3.05, 3.63) is 59.2 Å². The highest BCUT2D eigenvalue weighted by Crippen LogP contribution is 2.30. The molecule has 0 saturated carbocycles. The van der Waals surface area contributed by atoms with Crippen LogP contribution in [0, 0.1) is 0 Å². The summed E-state index contributed by atoms with van der Waals surface area (Å²) in [6.45, 7) is 5.00. The lowest BCUT2D eigenvalue weighted by Crippen LogP contribution is -2.26. The van der Waals surface area contributed by atoms with E-state index in [1.165, 1.54) is 37.1 Å². The number of rotatable bonds is 6. The SMILES string of the molecule is O=C(Cc1ccc2c(c1)OCCO2)NCc1ccccc1CN1CCCC1. The largest absolute Gasteiger partial charge is 0.486 e. The van der Waals surface area contributed by atoms with Crippen LogP contribution in [0.25, 0.3) is 0 Å². The van der Waals surface area contributed by atoms with Gasteiger partial charge in [0.2, 0.25) is 5.91 Å². The van der Waals surface area contributed by atoms with Crippen LogP contribution in [0.3, 0.4) is 0 Å². The first-order valence-electron chi connectivity index (χ1n) is 9.72. The van der Waals surface area contributed by atoms with Gasteiger partial charge in [0, 0.05) is 13.1 Å². The molecule has 0 bridgehead atoms. The molecule has 4 rings (SSSR count). The Hall–Kier alpha value is -2.53. The van der Waals surface area contributed by atoms with E-state index in [-0.39, 0.29) is 5.91 Å². The van der Waals surface area contributed by atoms with E-state index in [1.54, 1.807) is 0 Å². The lowest BCUT2D eigenvalue weighted by atomic mass is 10.1. The summed E-state index contributed by atoms with van der Waals surface area (Å²) >= 11 is 0. The molecule has 1 saturated heterocycles. The van der Waals surface area contributed by atoms with Crippen LogP contribution in [-0.2, 0) is 24.3 Å². The van der Waals surface area contributed by atoms with E-state index in [2.05, 4.69) is 28.4 Å². The number of carbonyl (C=O) groups is 1. The van der Waals surface area contributed by atoms with Crippen LogP contribution < -0.4 is 14.8 Å². The Kier molecular flexibility index (Phi) is 5.58. The molecule has 0 aromatic heterocycles. The van der Waals surface area contributed by atoms with E-state index in [9.17, 15) is 4.79 Å². The third-order valence-corrected chi connectivity index (χ3v) is 5.16. The van der Waals surface area contributed by atoms with Gasteiger partial charge in [0.15, 0.2) is 11.5 Å². The minimum absolute atomic E-state index is 0.0163. The van der Waals surface area contributed by atoms with Gasteiger partial charge in [0.05, 0.1) is 6.42 Å². The highest BCUT2D eigenvalue weighted by Gasteiger charge is 2.15. The number of hydrogen-bond donors (Lipinski definition) is 1. The number of benzene rings is 2. The molecule has 0 aliphatic carbocycles. The van der Waals surface area contributed by atoms with Crippen LogP contribution in [0.2, 0.25) is 0 Å². The maximum atomic E-state index is 12.4. The molecule has 1 amide bonds. The highest BCUT2D eigenvalue weighted by atomic mass is 16.6. The van der Waals surface area contributed by atoms with Crippen LogP contribution in [-0.4, -0.2) is 37.1 Å². The molecule has 5 nitrogen and oxygen atoms in total. The van der Waals surface area contributed by atoms with Gasteiger partial charge in [-0.1, -0.05) is 30.3 Å². The Morgan fingerprint density at radius 3 is 2.52 bits per heavy atom. The van der Waals surface area contributed by atoms with Crippen molar-refractivity contribution < 1.29 is 14.3 Å². The lowest BCUT2D eigenvalue weighted by molar-refractivity contribution is -0.120. The summed E-state index contributed by atoms with van der Waals surface area (Å²) in [6, 6.07) is 14.1. The molecule has 0 atom stereocenters. The fourth-order valence-electron chi connectivity index (χ4n) is 3.71. The van der Waals surface area contributed by atoms with Gasteiger partial charge in [0.25, 0.3) is 0 Å². The van der Waals surface area contributed by atoms with Gasteiger partial charge in [-0.25, -0.2) is 0 Å². The topological polar surface area (TPSA) is 50.8 Å². The second-order valence-corrected chi connectivity index (χ2v) is 7.18. The molecular formula is C22H26N2O3. The van der Waals surface area contributed by atoms with Crippen molar-refractivity contribution in [3.8, 4) is 11.5 Å². The summed E-state index contributed by atoms with van der Waals surface area (Å²) in [6.07, 6.45) is 2.91. The quantitative estimate of drug-likeness (QED) is 0.854. The van der Waals surface area contributed by atoms with Crippen molar-refractivity contribution >= 4 is 5.91 Å². The Labute approximate surface area is 160 Å². The molecule has 2 aromatic rings. The van der Waals surface area contributed by atoms with Crippen LogP contribution in [0.4, 0.5) is 0 Å². The first-order valence-corrected chi connectivity index (χ1v) is 9.72. The number of ether oxygens (including phenoxy) is 2. The third-order valence-electron chi connectivity index (χ3n) is 5.16. The van der Waals surface area contributed by atoms with Crippen molar-refractivity contribution in [1.82, 2.24) is 10.2 Å². The number of fused-ring (bicyclic) bond motifs is 1. The molecule has 2 aromatic carbocycles. The van der Waals surface area contributed by atoms with Gasteiger partial charge in [-0.05, 0) is 54.8 Å². The summed E-state index contributed by atoms with van der Waals surface area (Å²) in [5.74, 6) is 1.49. The van der Waals surface area contributed by atoms with Crippen LogP contribution in [0.1, 0.15) is 29.5 Å². The number of carbonyl (C=O) groups excluding carboxylic acids is 1. The molecule has 142 valence electrons. The van der Waals surface area contributed by atoms with Gasteiger partial charge >= 0.3 is 0 Å². The van der Waals surface area contributed by atoms with Crippen LogP contribution >= 0.6 is 0 Å². The zero-order chi connectivity index (χ0) is 18.5. The van der Waals surface area contributed by atoms with Crippen molar-refractivity contribution in [2.45, 2.75) is 32.4 Å². The molecule has 2 heterocycles. The lowest BCUT2D eigenvalue weighted by Gasteiger charge is -2.19. The van der Waals surface area contributed by atoms with E-state index in [0.29, 0.717) is 26.2 Å². The van der Waals surface area contributed by atoms with Crippen molar-refractivity contribution in [1.29, 1.82) is 0 Å². The van der Waals surface area contributed by atoms with Gasteiger partial charge in [-0.15, -0.1) is 0 Å². The third kappa shape index (κ3) is 4.61. The molecule has 5 heteroatoms. The highest BCUT2D eigenvalue weighted by molar-refractivity contribution is 5.78. The molecular weight excluding hydrogens is 340 g/mol. The average Bonchev–Trinajstić information content (AvgIpc) is 3.20. The Bertz CT molecular complexity index is 800. The number of amides is 1. The van der Waals surface area contributed by atoms with E-state index in [4.69, 9.17) is 9.47 Å².